The van der Waals surface area contributed by atoms with E-state index in [-0.39, 0.29) is 5.56 Å². The van der Waals surface area contributed by atoms with Crippen LogP contribution in [0.15, 0.2) is 41.3 Å². The van der Waals surface area contributed by atoms with Crippen molar-refractivity contribution < 1.29 is 0 Å². The number of benzene rings is 1. The Labute approximate surface area is 140 Å². The van der Waals surface area contributed by atoms with Crippen LogP contribution in [0.5, 0.6) is 0 Å². The van der Waals surface area contributed by atoms with E-state index in [1.165, 1.54) is 12.0 Å². The molecule has 0 radical (unpaired) electrons. The number of nitrogens with one attached hydrogen (secondary N) is 1. The second-order valence-corrected chi connectivity index (χ2v) is 6.52. The van der Waals surface area contributed by atoms with Crippen LogP contribution in [0.4, 0.5) is 5.95 Å². The van der Waals surface area contributed by atoms with Gasteiger partial charge in [0.2, 0.25) is 5.95 Å². The topological polar surface area (TPSA) is 66.8 Å². The molecule has 6 nitrogen and oxygen atoms in total. The second kappa shape index (κ2) is 5.78. The third kappa shape index (κ3) is 2.38. The quantitative estimate of drug-likeness (QED) is 0.804. The Morgan fingerprint density at radius 3 is 2.83 bits per heavy atom. The van der Waals surface area contributed by atoms with Crippen molar-refractivity contribution in [1.29, 1.82) is 0 Å². The van der Waals surface area contributed by atoms with Gasteiger partial charge in [0.25, 0.3) is 5.56 Å². The minimum Gasteiger partial charge on any atom is -0.342 e. The summed E-state index contributed by atoms with van der Waals surface area (Å²) >= 11 is 0. The van der Waals surface area contributed by atoms with Gasteiger partial charge in [0.05, 0.1) is 6.20 Å². The number of hydrogen-bond donors (Lipinski definition) is 1. The Balaban J connectivity index is 1.71. The standard InChI is InChI=1S/C18H21N5O/c1-22(15-10-6-9-13(15)12-7-4-3-5-8-12)18-20-16-14(17(24)21-18)11-19-23(16)2/h3-5,7-8,11,13,15H,6,9-10H2,1-2H3,(H,20,21,24). The Hall–Kier alpha value is -2.63. The Morgan fingerprint density at radius 2 is 2.04 bits per heavy atom. The van der Waals surface area contributed by atoms with Gasteiger partial charge in [0, 0.05) is 26.1 Å². The Bertz CT molecular complexity index is 914. The second-order valence-electron chi connectivity index (χ2n) is 6.52. The lowest BCUT2D eigenvalue weighted by atomic mass is 9.93. The molecule has 0 aliphatic heterocycles. The number of rotatable bonds is 3. The molecule has 1 aliphatic rings. The van der Waals surface area contributed by atoms with Crippen molar-refractivity contribution in [3.8, 4) is 0 Å². The molecule has 6 heteroatoms. The van der Waals surface area contributed by atoms with Gasteiger partial charge in [-0.15, -0.1) is 0 Å². The average molecular weight is 323 g/mol. The Kier molecular flexibility index (Phi) is 3.59. The first-order chi connectivity index (χ1) is 11.6. The number of fused-ring (bicyclic) bond motifs is 1. The molecule has 24 heavy (non-hydrogen) atoms. The minimum atomic E-state index is -0.135. The average Bonchev–Trinajstić information content (AvgIpc) is 3.23. The maximum atomic E-state index is 12.3. The first kappa shape index (κ1) is 14.9. The van der Waals surface area contributed by atoms with E-state index in [1.54, 1.807) is 17.9 Å². The SMILES string of the molecule is CN(c1nc2c(cnn2C)c(=O)[nH]1)C1CCCC1c1ccccc1. The molecule has 4 rings (SSSR count). The number of aromatic nitrogens is 4. The van der Waals surface area contributed by atoms with Gasteiger partial charge < -0.3 is 4.90 Å². The number of anilines is 1. The molecule has 2 heterocycles. The van der Waals surface area contributed by atoms with Crippen molar-refractivity contribution in [2.75, 3.05) is 11.9 Å². The molecule has 2 atom stereocenters. The van der Waals surface area contributed by atoms with E-state index in [4.69, 9.17) is 0 Å². The largest absolute Gasteiger partial charge is 0.342 e. The van der Waals surface area contributed by atoms with E-state index in [0.717, 1.165) is 12.8 Å². The van der Waals surface area contributed by atoms with Gasteiger partial charge in [-0.25, -0.2) is 0 Å². The van der Waals surface area contributed by atoms with E-state index in [2.05, 4.69) is 44.2 Å². The summed E-state index contributed by atoms with van der Waals surface area (Å²) in [7, 11) is 3.83. The molecule has 124 valence electrons. The molecule has 1 aromatic carbocycles. The highest BCUT2D eigenvalue weighted by Gasteiger charge is 2.32. The number of H-pyrrole nitrogens is 1. The molecule has 3 aromatic rings. The number of likely N-dealkylation sites (N-methyl/N-ethyl adjacent to an activating group) is 1. The monoisotopic (exact) mass is 323 g/mol. The summed E-state index contributed by atoms with van der Waals surface area (Å²) in [4.78, 5) is 22.0. The summed E-state index contributed by atoms with van der Waals surface area (Å²) in [5, 5.41) is 4.66. The van der Waals surface area contributed by atoms with Crippen LogP contribution in [0.1, 0.15) is 30.7 Å². The zero-order valence-electron chi connectivity index (χ0n) is 13.9. The van der Waals surface area contributed by atoms with Crippen LogP contribution in [0, 0.1) is 0 Å². The molecule has 0 saturated heterocycles. The third-order valence-electron chi connectivity index (χ3n) is 5.13. The van der Waals surface area contributed by atoms with Gasteiger partial charge in [-0.1, -0.05) is 36.8 Å². The van der Waals surface area contributed by atoms with Crippen LogP contribution in [0.2, 0.25) is 0 Å². The van der Waals surface area contributed by atoms with E-state index >= 15 is 0 Å². The fourth-order valence-electron chi connectivity index (χ4n) is 3.84. The van der Waals surface area contributed by atoms with Crippen molar-refractivity contribution >= 4 is 17.0 Å². The van der Waals surface area contributed by atoms with Gasteiger partial charge in [-0.05, 0) is 18.4 Å². The summed E-state index contributed by atoms with van der Waals surface area (Å²) in [6, 6.07) is 10.9. The van der Waals surface area contributed by atoms with Crippen LogP contribution >= 0.6 is 0 Å². The minimum absolute atomic E-state index is 0.135. The van der Waals surface area contributed by atoms with Crippen LogP contribution in [-0.2, 0) is 7.05 Å². The van der Waals surface area contributed by atoms with E-state index in [0.29, 0.717) is 28.9 Å². The third-order valence-corrected chi connectivity index (χ3v) is 5.13. The highest BCUT2D eigenvalue weighted by atomic mass is 16.1. The molecule has 0 spiro atoms. The van der Waals surface area contributed by atoms with Crippen molar-refractivity contribution in [1.82, 2.24) is 19.7 Å². The maximum absolute atomic E-state index is 12.3. The molecular weight excluding hydrogens is 302 g/mol. The fraction of sp³-hybridized carbons (Fsp3) is 0.389. The van der Waals surface area contributed by atoms with Gasteiger partial charge in [-0.2, -0.15) is 10.1 Å². The summed E-state index contributed by atoms with van der Waals surface area (Å²) in [5.74, 6) is 1.08. The van der Waals surface area contributed by atoms with Crippen molar-refractivity contribution in [3.05, 3.63) is 52.4 Å². The predicted molar refractivity (Wildman–Crippen MR) is 94.4 cm³/mol. The van der Waals surface area contributed by atoms with Crippen LogP contribution in [-0.4, -0.2) is 32.8 Å². The molecule has 1 fully saturated rings. The summed E-state index contributed by atoms with van der Waals surface area (Å²) in [6.45, 7) is 0. The molecule has 0 amide bonds. The molecule has 1 saturated carbocycles. The van der Waals surface area contributed by atoms with Gasteiger partial charge in [0.1, 0.15) is 5.39 Å². The number of aryl methyl sites for hydroxylation is 1. The maximum Gasteiger partial charge on any atom is 0.263 e. The molecule has 2 aromatic heterocycles. The van der Waals surface area contributed by atoms with Crippen LogP contribution < -0.4 is 10.5 Å². The van der Waals surface area contributed by atoms with Crippen molar-refractivity contribution in [2.45, 2.75) is 31.2 Å². The lowest BCUT2D eigenvalue weighted by Crippen LogP contribution is -2.36. The summed E-state index contributed by atoms with van der Waals surface area (Å²) < 4.78 is 1.64. The molecule has 1 N–H and O–H groups in total. The first-order valence-electron chi connectivity index (χ1n) is 8.35. The van der Waals surface area contributed by atoms with Gasteiger partial charge >= 0.3 is 0 Å². The lowest BCUT2D eigenvalue weighted by molar-refractivity contribution is 0.570. The zero-order chi connectivity index (χ0) is 16.7. The summed E-state index contributed by atoms with van der Waals surface area (Å²) in [5.41, 5.74) is 1.84. The van der Waals surface area contributed by atoms with Crippen LogP contribution in [0.25, 0.3) is 11.0 Å². The smallest absolute Gasteiger partial charge is 0.263 e. The van der Waals surface area contributed by atoms with Crippen molar-refractivity contribution in [3.63, 3.8) is 0 Å². The highest BCUT2D eigenvalue weighted by Crippen LogP contribution is 2.38. The van der Waals surface area contributed by atoms with E-state index in [9.17, 15) is 4.79 Å². The van der Waals surface area contributed by atoms with E-state index in [1.807, 2.05) is 13.1 Å². The molecule has 1 aliphatic carbocycles. The molecule has 0 bridgehead atoms. The number of nitrogens with zero attached hydrogens (tertiary/aromatic N) is 4. The lowest BCUT2D eigenvalue weighted by Gasteiger charge is -2.30. The molecule has 2 unspecified atom stereocenters. The zero-order valence-corrected chi connectivity index (χ0v) is 13.9. The van der Waals surface area contributed by atoms with Gasteiger partial charge in [-0.3, -0.25) is 14.5 Å². The fourth-order valence-corrected chi connectivity index (χ4v) is 3.84. The highest BCUT2D eigenvalue weighted by molar-refractivity contribution is 5.74. The summed E-state index contributed by atoms with van der Waals surface area (Å²) in [6.07, 6.45) is 5.01. The van der Waals surface area contributed by atoms with E-state index < -0.39 is 0 Å². The molecular formula is C18H21N5O. The van der Waals surface area contributed by atoms with Gasteiger partial charge in [0.15, 0.2) is 5.65 Å². The first-order valence-corrected chi connectivity index (χ1v) is 8.35. The van der Waals surface area contributed by atoms with Crippen molar-refractivity contribution in [2.24, 2.45) is 7.05 Å². The normalized spacial score (nSPS) is 20.6. The number of hydrogen-bond acceptors (Lipinski definition) is 4. The number of aromatic amines is 1. The Morgan fingerprint density at radius 1 is 1.25 bits per heavy atom. The predicted octanol–water partition coefficient (Wildman–Crippen LogP) is 2.43. The van der Waals surface area contributed by atoms with Crippen LogP contribution in [0.3, 0.4) is 0 Å².